The third-order valence-corrected chi connectivity index (χ3v) is 9.19. The predicted octanol–water partition coefficient (Wildman–Crippen LogP) is 4.97. The van der Waals surface area contributed by atoms with Gasteiger partial charge in [0.25, 0.3) is 10.0 Å². The van der Waals surface area contributed by atoms with E-state index in [4.69, 9.17) is 0 Å². The fourth-order valence-electron chi connectivity index (χ4n) is 4.91. The summed E-state index contributed by atoms with van der Waals surface area (Å²) in [4.78, 5) is 28.9. The molecule has 1 N–H and O–H groups in total. The van der Waals surface area contributed by atoms with Crippen molar-refractivity contribution in [1.82, 2.24) is 10.2 Å². The molecule has 0 bridgehead atoms. The number of benzene rings is 3. The summed E-state index contributed by atoms with van der Waals surface area (Å²) in [6, 6.07) is 22.2. The molecule has 206 valence electrons. The van der Waals surface area contributed by atoms with Gasteiger partial charge in [-0.2, -0.15) is 0 Å². The minimum absolute atomic E-state index is 0.0993. The molecule has 1 fully saturated rings. The Bertz CT molecular complexity index is 1380. The first kappa shape index (κ1) is 28.4. The molecule has 8 heteroatoms. The van der Waals surface area contributed by atoms with Crippen molar-refractivity contribution in [2.75, 3.05) is 10.8 Å². The number of anilines is 1. The van der Waals surface area contributed by atoms with Crippen LogP contribution >= 0.6 is 0 Å². The predicted molar refractivity (Wildman–Crippen MR) is 154 cm³/mol. The molecule has 0 aliphatic heterocycles. The second kappa shape index (κ2) is 12.5. The maximum absolute atomic E-state index is 14.0. The van der Waals surface area contributed by atoms with Gasteiger partial charge < -0.3 is 10.2 Å². The van der Waals surface area contributed by atoms with E-state index in [1.54, 1.807) is 61.5 Å². The number of nitrogens with one attached hydrogen (secondary N) is 1. The largest absolute Gasteiger partial charge is 0.352 e. The van der Waals surface area contributed by atoms with Gasteiger partial charge in [0.05, 0.1) is 10.6 Å². The molecule has 3 aromatic carbocycles. The first-order valence-electron chi connectivity index (χ1n) is 13.5. The molecule has 1 saturated carbocycles. The minimum atomic E-state index is -4.06. The number of hydrogen-bond acceptors (Lipinski definition) is 4. The number of carbonyl (C=O) groups excluding carboxylic acids is 2. The lowest BCUT2D eigenvalue weighted by Gasteiger charge is -2.32. The monoisotopic (exact) mass is 547 g/mol. The van der Waals surface area contributed by atoms with E-state index in [1.807, 2.05) is 38.1 Å². The Morgan fingerprint density at radius 2 is 1.51 bits per heavy atom. The van der Waals surface area contributed by atoms with E-state index >= 15 is 0 Å². The van der Waals surface area contributed by atoms with Gasteiger partial charge in [-0.25, -0.2) is 8.42 Å². The van der Waals surface area contributed by atoms with Crippen molar-refractivity contribution >= 4 is 27.5 Å². The standard InChI is InChI=1S/C31H37N3O4S/c1-23-17-19-29(20-18-23)39(37,38)34(28-15-5-4-6-16-28)22-30(35)33(21-26-12-8-7-11-24(26)2)25(3)31(36)32-27-13-9-10-14-27/h4-8,11-12,15-20,25,27H,9-10,13-14,21-22H2,1-3H3,(H,32,36)/t25-/m1/s1. The van der Waals surface area contributed by atoms with E-state index in [-0.39, 0.29) is 23.4 Å². The summed E-state index contributed by atoms with van der Waals surface area (Å²) in [6.07, 6.45) is 4.02. The van der Waals surface area contributed by atoms with Gasteiger partial charge in [0.1, 0.15) is 12.6 Å². The third kappa shape index (κ3) is 6.87. The Morgan fingerprint density at radius 1 is 0.897 bits per heavy atom. The second-order valence-corrected chi connectivity index (χ2v) is 12.1. The zero-order chi connectivity index (χ0) is 28.0. The van der Waals surface area contributed by atoms with Gasteiger partial charge in [-0.3, -0.25) is 13.9 Å². The van der Waals surface area contributed by atoms with Gasteiger partial charge >= 0.3 is 0 Å². The average molecular weight is 548 g/mol. The smallest absolute Gasteiger partial charge is 0.264 e. The number of aryl methyl sites for hydroxylation is 2. The highest BCUT2D eigenvalue weighted by molar-refractivity contribution is 7.92. The lowest BCUT2D eigenvalue weighted by atomic mass is 10.1. The molecule has 1 aliphatic carbocycles. The molecule has 39 heavy (non-hydrogen) atoms. The fourth-order valence-corrected chi connectivity index (χ4v) is 6.32. The number of hydrogen-bond donors (Lipinski definition) is 1. The van der Waals surface area contributed by atoms with Crippen LogP contribution in [-0.4, -0.2) is 43.8 Å². The SMILES string of the molecule is Cc1ccc(S(=O)(=O)N(CC(=O)N(Cc2ccccc2C)[C@H](C)C(=O)NC2CCCC2)c2ccccc2)cc1. The van der Waals surface area contributed by atoms with Crippen LogP contribution in [0.2, 0.25) is 0 Å². The minimum Gasteiger partial charge on any atom is -0.352 e. The molecule has 4 rings (SSSR count). The Morgan fingerprint density at radius 3 is 2.15 bits per heavy atom. The van der Waals surface area contributed by atoms with Crippen LogP contribution in [0, 0.1) is 13.8 Å². The molecule has 7 nitrogen and oxygen atoms in total. The van der Waals surface area contributed by atoms with E-state index < -0.39 is 28.5 Å². The highest BCUT2D eigenvalue weighted by atomic mass is 32.2. The first-order chi connectivity index (χ1) is 18.7. The number of rotatable bonds is 10. The highest BCUT2D eigenvalue weighted by Crippen LogP contribution is 2.25. The summed E-state index contributed by atoms with van der Waals surface area (Å²) in [5.74, 6) is -0.677. The van der Waals surface area contributed by atoms with Crippen molar-refractivity contribution in [3.63, 3.8) is 0 Å². The van der Waals surface area contributed by atoms with Crippen LogP contribution in [0.5, 0.6) is 0 Å². The molecule has 0 unspecified atom stereocenters. The lowest BCUT2D eigenvalue weighted by molar-refractivity contribution is -0.139. The number of amides is 2. The number of para-hydroxylation sites is 1. The normalized spacial score (nSPS) is 14.5. The maximum Gasteiger partial charge on any atom is 0.264 e. The zero-order valence-corrected chi connectivity index (χ0v) is 23.7. The Labute approximate surface area is 231 Å². The number of sulfonamides is 1. The van der Waals surface area contributed by atoms with Crippen molar-refractivity contribution in [3.8, 4) is 0 Å². The molecule has 0 spiro atoms. The molecule has 2 amide bonds. The lowest BCUT2D eigenvalue weighted by Crippen LogP contribution is -2.52. The van der Waals surface area contributed by atoms with Gasteiger partial charge in [-0.05, 0) is 69.0 Å². The first-order valence-corrected chi connectivity index (χ1v) is 14.9. The van der Waals surface area contributed by atoms with Crippen molar-refractivity contribution in [2.45, 2.75) is 70.0 Å². The summed E-state index contributed by atoms with van der Waals surface area (Å²) in [5.41, 5.74) is 3.21. The van der Waals surface area contributed by atoms with E-state index in [0.29, 0.717) is 5.69 Å². The van der Waals surface area contributed by atoms with E-state index in [1.165, 1.54) is 4.90 Å². The van der Waals surface area contributed by atoms with Crippen LogP contribution < -0.4 is 9.62 Å². The van der Waals surface area contributed by atoms with E-state index in [9.17, 15) is 18.0 Å². The van der Waals surface area contributed by atoms with Gasteiger partial charge in [-0.15, -0.1) is 0 Å². The zero-order valence-electron chi connectivity index (χ0n) is 22.8. The van der Waals surface area contributed by atoms with Crippen molar-refractivity contribution in [3.05, 3.63) is 95.6 Å². The van der Waals surface area contributed by atoms with Crippen LogP contribution in [0.1, 0.15) is 49.3 Å². The van der Waals surface area contributed by atoms with Gasteiger partial charge in [0.15, 0.2) is 0 Å². The van der Waals surface area contributed by atoms with Crippen LogP contribution in [0.3, 0.4) is 0 Å². The quantitative estimate of drug-likeness (QED) is 0.388. The molecule has 0 saturated heterocycles. The van der Waals surface area contributed by atoms with Gasteiger partial charge in [0, 0.05) is 12.6 Å². The molecule has 1 atom stereocenters. The molecular weight excluding hydrogens is 510 g/mol. The molecule has 0 heterocycles. The summed E-state index contributed by atoms with van der Waals surface area (Å²) < 4.78 is 28.8. The average Bonchev–Trinajstić information content (AvgIpc) is 3.44. The number of carbonyl (C=O) groups is 2. The summed E-state index contributed by atoms with van der Waals surface area (Å²) in [7, 11) is -4.06. The van der Waals surface area contributed by atoms with Crippen LogP contribution in [-0.2, 0) is 26.2 Å². The maximum atomic E-state index is 14.0. The van der Waals surface area contributed by atoms with Gasteiger partial charge in [-0.1, -0.05) is 73.0 Å². The van der Waals surface area contributed by atoms with Crippen LogP contribution in [0.25, 0.3) is 0 Å². The van der Waals surface area contributed by atoms with Gasteiger partial charge in [0.2, 0.25) is 11.8 Å². The summed E-state index contributed by atoms with van der Waals surface area (Å²) in [6.45, 7) is 5.31. The Kier molecular flexibility index (Phi) is 9.07. The van der Waals surface area contributed by atoms with Crippen LogP contribution in [0.4, 0.5) is 5.69 Å². The third-order valence-electron chi connectivity index (χ3n) is 7.40. The molecule has 1 aliphatic rings. The number of nitrogens with zero attached hydrogens (tertiary/aromatic N) is 2. The van der Waals surface area contributed by atoms with Crippen molar-refractivity contribution < 1.29 is 18.0 Å². The van der Waals surface area contributed by atoms with Crippen LogP contribution in [0.15, 0.2) is 83.8 Å². The summed E-state index contributed by atoms with van der Waals surface area (Å²) in [5, 5.41) is 3.10. The molecule has 3 aromatic rings. The molecular formula is C31H37N3O4S. The topological polar surface area (TPSA) is 86.8 Å². The van der Waals surface area contributed by atoms with E-state index in [0.717, 1.165) is 46.7 Å². The Balaban J connectivity index is 1.67. The summed E-state index contributed by atoms with van der Waals surface area (Å²) >= 11 is 0. The Hall–Kier alpha value is -3.65. The highest BCUT2D eigenvalue weighted by Gasteiger charge is 2.33. The molecule has 0 radical (unpaired) electrons. The van der Waals surface area contributed by atoms with E-state index in [2.05, 4.69) is 5.32 Å². The fraction of sp³-hybridized carbons (Fsp3) is 0.355. The van der Waals surface area contributed by atoms with Crippen molar-refractivity contribution in [1.29, 1.82) is 0 Å². The second-order valence-electron chi connectivity index (χ2n) is 10.3. The molecule has 0 aromatic heterocycles. The van der Waals surface area contributed by atoms with Crippen molar-refractivity contribution in [2.24, 2.45) is 0 Å².